The van der Waals surface area contributed by atoms with Gasteiger partial charge in [-0.15, -0.1) is 11.3 Å². The van der Waals surface area contributed by atoms with E-state index in [1.807, 2.05) is 43.3 Å². The van der Waals surface area contributed by atoms with Crippen molar-refractivity contribution in [3.05, 3.63) is 72.1 Å². The lowest BCUT2D eigenvalue weighted by Gasteiger charge is -2.12. The average Bonchev–Trinajstić information content (AvgIpc) is 3.24. The van der Waals surface area contributed by atoms with Crippen molar-refractivity contribution in [1.29, 1.82) is 0 Å². The minimum atomic E-state index is -0.357. The Morgan fingerprint density at radius 2 is 1.97 bits per heavy atom. The van der Waals surface area contributed by atoms with E-state index in [9.17, 15) is 4.79 Å². The van der Waals surface area contributed by atoms with Gasteiger partial charge in [0.2, 0.25) is 5.95 Å². The van der Waals surface area contributed by atoms with Crippen molar-refractivity contribution in [3.8, 4) is 11.3 Å². The molecule has 4 rings (SSSR count). The first-order chi connectivity index (χ1) is 14.2. The number of aryl methyl sites for hydroxylation is 1. The van der Waals surface area contributed by atoms with Crippen LogP contribution in [0.5, 0.6) is 0 Å². The summed E-state index contributed by atoms with van der Waals surface area (Å²) >= 11 is 1.35. The molecule has 0 fully saturated rings. The molecule has 1 aromatic carbocycles. The van der Waals surface area contributed by atoms with Gasteiger partial charge in [0.05, 0.1) is 5.69 Å². The van der Waals surface area contributed by atoms with Gasteiger partial charge in [-0.2, -0.15) is 0 Å². The maximum absolute atomic E-state index is 12.1. The van der Waals surface area contributed by atoms with E-state index in [-0.39, 0.29) is 6.03 Å². The second-order valence-corrected chi connectivity index (χ2v) is 6.97. The molecule has 3 heterocycles. The largest absolute Gasteiger partial charge is 0.325 e. The van der Waals surface area contributed by atoms with Crippen molar-refractivity contribution in [1.82, 2.24) is 19.9 Å². The van der Waals surface area contributed by atoms with Crippen LogP contribution in [0.15, 0.2) is 66.6 Å². The Balaban J connectivity index is 1.50. The monoisotopic (exact) mass is 403 g/mol. The summed E-state index contributed by atoms with van der Waals surface area (Å²) in [5.74, 6) is 0.457. The number of aromatic nitrogens is 4. The molecular weight excluding hydrogens is 386 g/mol. The predicted octanol–water partition coefficient (Wildman–Crippen LogP) is 4.69. The molecule has 0 saturated carbocycles. The molecule has 0 spiro atoms. The number of nitrogens with one attached hydrogen (secondary N) is 3. The fourth-order valence-electron chi connectivity index (χ4n) is 2.59. The number of pyridine rings is 1. The van der Waals surface area contributed by atoms with Crippen LogP contribution in [0.25, 0.3) is 11.3 Å². The number of amides is 2. The maximum atomic E-state index is 12.1. The smallest absolute Gasteiger partial charge is 0.324 e. The zero-order valence-corrected chi connectivity index (χ0v) is 16.3. The summed E-state index contributed by atoms with van der Waals surface area (Å²) in [6.07, 6.45) is 6.80. The molecule has 0 aliphatic rings. The summed E-state index contributed by atoms with van der Waals surface area (Å²) < 4.78 is 0. The van der Waals surface area contributed by atoms with Crippen molar-refractivity contribution < 1.29 is 4.79 Å². The van der Waals surface area contributed by atoms with Gasteiger partial charge in [0.25, 0.3) is 0 Å². The number of rotatable bonds is 5. The number of carbonyl (C=O) groups excluding carboxylic acids is 1. The standard InChI is InChI=1S/C20H17N7OS/c1-13-4-5-15(24-19(28)27-20-23-9-10-29-20)11-17(13)26-18-22-8-6-16(25-18)14-3-2-7-21-12-14/h2-12H,1H3,(H,22,25,26)(H2,23,24,27,28). The van der Waals surface area contributed by atoms with Gasteiger partial charge in [0.1, 0.15) is 0 Å². The molecule has 9 heteroatoms. The topological polar surface area (TPSA) is 105 Å². The van der Waals surface area contributed by atoms with Gasteiger partial charge in [-0.1, -0.05) is 6.07 Å². The quantitative estimate of drug-likeness (QED) is 0.446. The van der Waals surface area contributed by atoms with E-state index in [0.29, 0.717) is 16.8 Å². The second-order valence-electron chi connectivity index (χ2n) is 6.08. The Kier molecular flexibility index (Phi) is 5.39. The van der Waals surface area contributed by atoms with Crippen LogP contribution < -0.4 is 16.0 Å². The zero-order valence-electron chi connectivity index (χ0n) is 15.5. The number of thiazole rings is 1. The highest BCUT2D eigenvalue weighted by Crippen LogP contribution is 2.24. The van der Waals surface area contributed by atoms with Crippen molar-refractivity contribution in [2.45, 2.75) is 6.92 Å². The third kappa shape index (κ3) is 4.71. The van der Waals surface area contributed by atoms with Gasteiger partial charge in [-0.3, -0.25) is 10.3 Å². The second kappa shape index (κ2) is 8.44. The molecule has 0 atom stereocenters. The minimum absolute atomic E-state index is 0.357. The molecular formula is C20H17N7OS. The minimum Gasteiger partial charge on any atom is -0.324 e. The first-order valence-electron chi connectivity index (χ1n) is 8.76. The van der Waals surface area contributed by atoms with E-state index in [1.165, 1.54) is 11.3 Å². The first-order valence-corrected chi connectivity index (χ1v) is 9.64. The highest BCUT2D eigenvalue weighted by Gasteiger charge is 2.08. The van der Waals surface area contributed by atoms with Crippen LogP contribution >= 0.6 is 11.3 Å². The van der Waals surface area contributed by atoms with Crippen LogP contribution in [0.1, 0.15) is 5.56 Å². The molecule has 29 heavy (non-hydrogen) atoms. The summed E-state index contributed by atoms with van der Waals surface area (Å²) in [6.45, 7) is 1.97. The highest BCUT2D eigenvalue weighted by atomic mass is 32.1. The van der Waals surface area contributed by atoms with Crippen molar-refractivity contribution in [2.24, 2.45) is 0 Å². The number of hydrogen-bond acceptors (Lipinski definition) is 7. The third-order valence-electron chi connectivity index (χ3n) is 4.01. The van der Waals surface area contributed by atoms with E-state index in [0.717, 1.165) is 22.5 Å². The molecule has 0 radical (unpaired) electrons. The molecule has 0 bridgehead atoms. The number of nitrogens with zero attached hydrogens (tertiary/aromatic N) is 4. The Labute approximate surface area is 171 Å². The third-order valence-corrected chi connectivity index (χ3v) is 4.70. The molecule has 0 aliphatic carbocycles. The van der Waals surface area contributed by atoms with E-state index in [1.54, 1.807) is 30.2 Å². The van der Waals surface area contributed by atoms with Crippen molar-refractivity contribution in [2.75, 3.05) is 16.0 Å². The van der Waals surface area contributed by atoms with Gasteiger partial charge >= 0.3 is 6.03 Å². The van der Waals surface area contributed by atoms with Crippen LogP contribution in [0, 0.1) is 6.92 Å². The first kappa shape index (κ1) is 18.5. The van der Waals surface area contributed by atoms with E-state index >= 15 is 0 Å². The molecule has 3 aromatic heterocycles. The molecule has 144 valence electrons. The maximum Gasteiger partial charge on any atom is 0.325 e. The zero-order chi connectivity index (χ0) is 20.1. The molecule has 2 amide bonds. The fraction of sp³-hybridized carbons (Fsp3) is 0.0500. The molecule has 8 nitrogen and oxygen atoms in total. The van der Waals surface area contributed by atoms with Crippen LogP contribution in [0.4, 0.5) is 27.2 Å². The van der Waals surface area contributed by atoms with Crippen LogP contribution in [-0.4, -0.2) is 26.0 Å². The summed E-state index contributed by atoms with van der Waals surface area (Å²) in [4.78, 5) is 29.1. The van der Waals surface area contributed by atoms with Crippen LogP contribution in [-0.2, 0) is 0 Å². The van der Waals surface area contributed by atoms with E-state index in [4.69, 9.17) is 0 Å². The fourth-order valence-corrected chi connectivity index (χ4v) is 3.12. The lowest BCUT2D eigenvalue weighted by molar-refractivity contribution is 0.262. The normalized spacial score (nSPS) is 10.4. The average molecular weight is 403 g/mol. The molecule has 3 N–H and O–H groups in total. The van der Waals surface area contributed by atoms with Crippen molar-refractivity contribution in [3.63, 3.8) is 0 Å². The van der Waals surface area contributed by atoms with Gasteiger partial charge in [0, 0.05) is 47.1 Å². The lowest BCUT2D eigenvalue weighted by atomic mass is 10.2. The molecule has 0 unspecified atom stereocenters. The molecule has 0 saturated heterocycles. The number of anilines is 4. The summed E-state index contributed by atoms with van der Waals surface area (Å²) in [5, 5.41) is 11.0. The number of carbonyl (C=O) groups is 1. The van der Waals surface area contributed by atoms with Gasteiger partial charge in [0.15, 0.2) is 5.13 Å². The van der Waals surface area contributed by atoms with Crippen molar-refractivity contribution >= 4 is 39.8 Å². The van der Waals surface area contributed by atoms with Crippen LogP contribution in [0.3, 0.4) is 0 Å². The summed E-state index contributed by atoms with van der Waals surface area (Å²) in [6, 6.07) is 10.8. The van der Waals surface area contributed by atoms with E-state index in [2.05, 4.69) is 35.9 Å². The predicted molar refractivity (Wildman–Crippen MR) is 114 cm³/mol. The molecule has 4 aromatic rings. The Bertz CT molecular complexity index is 1120. The Morgan fingerprint density at radius 3 is 2.76 bits per heavy atom. The number of hydrogen-bond donors (Lipinski definition) is 3. The number of urea groups is 1. The van der Waals surface area contributed by atoms with Crippen LogP contribution in [0.2, 0.25) is 0 Å². The Morgan fingerprint density at radius 1 is 1.03 bits per heavy atom. The van der Waals surface area contributed by atoms with Gasteiger partial charge < -0.3 is 10.6 Å². The SMILES string of the molecule is Cc1ccc(NC(=O)Nc2nccs2)cc1Nc1nccc(-c2cccnc2)n1. The summed E-state index contributed by atoms with van der Waals surface area (Å²) in [5.41, 5.74) is 4.09. The van der Waals surface area contributed by atoms with Gasteiger partial charge in [-0.25, -0.2) is 19.7 Å². The number of benzene rings is 1. The lowest BCUT2D eigenvalue weighted by Crippen LogP contribution is -2.19. The highest BCUT2D eigenvalue weighted by molar-refractivity contribution is 7.13. The van der Waals surface area contributed by atoms with E-state index < -0.39 is 0 Å². The molecule has 0 aliphatic heterocycles. The Hall–Kier alpha value is -3.85. The summed E-state index contributed by atoms with van der Waals surface area (Å²) in [7, 11) is 0. The van der Waals surface area contributed by atoms with Gasteiger partial charge in [-0.05, 0) is 42.8 Å².